The molecular weight excluding hydrogens is 538 g/mol. The fraction of sp³-hybridized carbons (Fsp3) is 0.452. The highest BCUT2D eigenvalue weighted by Crippen LogP contribution is 2.34. The molecule has 3 N–H and O–H groups in total. The predicted molar refractivity (Wildman–Crippen MR) is 155 cm³/mol. The van der Waals surface area contributed by atoms with Crippen LogP contribution in [0.2, 0.25) is 0 Å². The normalized spacial score (nSPS) is 17.9. The van der Waals surface area contributed by atoms with Crippen molar-refractivity contribution in [1.82, 2.24) is 25.8 Å². The average molecular weight is 578 g/mol. The van der Waals surface area contributed by atoms with E-state index in [1.54, 1.807) is 35.2 Å². The largest absolute Gasteiger partial charge is 0.445 e. The number of alkyl carbamates (subject to hydrolysis) is 1. The smallest absolute Gasteiger partial charge is 0.407 e. The summed E-state index contributed by atoms with van der Waals surface area (Å²) < 4.78 is 5.21. The van der Waals surface area contributed by atoms with Gasteiger partial charge in [0.2, 0.25) is 11.8 Å². The van der Waals surface area contributed by atoms with Crippen LogP contribution >= 0.6 is 0 Å². The maximum absolute atomic E-state index is 13.5. The molecular formula is C31H39N5O6. The molecule has 0 unspecified atom stereocenters. The first-order valence-electron chi connectivity index (χ1n) is 14.6. The van der Waals surface area contributed by atoms with Crippen LogP contribution in [-0.4, -0.2) is 77.4 Å². The second-order valence-corrected chi connectivity index (χ2v) is 10.6. The summed E-state index contributed by atoms with van der Waals surface area (Å²) >= 11 is 0. The van der Waals surface area contributed by atoms with Gasteiger partial charge in [-0.2, -0.15) is 0 Å². The third-order valence-corrected chi connectivity index (χ3v) is 7.79. The van der Waals surface area contributed by atoms with Crippen LogP contribution in [0, 0.1) is 0 Å². The van der Waals surface area contributed by atoms with E-state index >= 15 is 0 Å². The van der Waals surface area contributed by atoms with Gasteiger partial charge in [0.05, 0.1) is 0 Å². The van der Waals surface area contributed by atoms with Crippen molar-refractivity contribution in [3.8, 4) is 0 Å². The number of unbranched alkanes of at least 4 members (excludes halogenated alkanes) is 1. The van der Waals surface area contributed by atoms with E-state index in [-0.39, 0.29) is 31.5 Å². The van der Waals surface area contributed by atoms with Crippen molar-refractivity contribution >= 4 is 29.8 Å². The van der Waals surface area contributed by atoms with Crippen LogP contribution in [-0.2, 0) is 20.9 Å². The molecule has 0 saturated carbocycles. The monoisotopic (exact) mass is 577 g/mol. The first-order chi connectivity index (χ1) is 20.3. The zero-order chi connectivity index (χ0) is 30.0. The predicted octanol–water partition coefficient (Wildman–Crippen LogP) is 3.20. The van der Waals surface area contributed by atoms with Gasteiger partial charge in [-0.25, -0.2) is 9.59 Å². The minimum Gasteiger partial charge on any atom is -0.445 e. The lowest BCUT2D eigenvalue weighted by Crippen LogP contribution is -2.73. The van der Waals surface area contributed by atoms with Gasteiger partial charge in [-0.15, -0.1) is 0 Å². The van der Waals surface area contributed by atoms with Gasteiger partial charge in [-0.1, -0.05) is 55.5 Å². The Balaban J connectivity index is 1.23. The molecule has 2 aliphatic rings. The van der Waals surface area contributed by atoms with Crippen molar-refractivity contribution in [3.05, 3.63) is 71.8 Å². The number of rotatable bonds is 10. The Bertz CT molecular complexity index is 1250. The molecule has 1 spiro atoms. The Hall–Kier alpha value is -4.41. The number of benzene rings is 2. The lowest BCUT2D eigenvalue weighted by molar-refractivity contribution is -0.161. The number of ether oxygens (including phenoxy) is 1. The van der Waals surface area contributed by atoms with Crippen LogP contribution in [0.25, 0.3) is 0 Å². The van der Waals surface area contributed by atoms with E-state index in [1.807, 2.05) is 37.3 Å². The maximum Gasteiger partial charge on any atom is 0.407 e. The number of nitrogens with one attached hydrogen (secondary N) is 3. The summed E-state index contributed by atoms with van der Waals surface area (Å²) in [6.07, 6.45) is 2.49. The zero-order valence-corrected chi connectivity index (χ0v) is 24.0. The number of urea groups is 1. The van der Waals surface area contributed by atoms with E-state index in [9.17, 15) is 24.0 Å². The van der Waals surface area contributed by atoms with Crippen molar-refractivity contribution in [2.75, 3.05) is 26.2 Å². The average Bonchev–Trinajstić information content (AvgIpc) is 3.01. The van der Waals surface area contributed by atoms with Gasteiger partial charge in [-0.05, 0) is 56.2 Å². The molecule has 2 aliphatic heterocycles. The molecule has 2 saturated heterocycles. The third-order valence-electron chi connectivity index (χ3n) is 7.79. The lowest BCUT2D eigenvalue weighted by atomic mass is 9.81. The number of imide groups is 1. The third kappa shape index (κ3) is 7.45. The molecule has 0 radical (unpaired) electrons. The summed E-state index contributed by atoms with van der Waals surface area (Å²) in [6.45, 7) is 3.48. The van der Waals surface area contributed by atoms with Crippen LogP contribution in [0.4, 0.5) is 9.59 Å². The van der Waals surface area contributed by atoms with Crippen LogP contribution in [0.3, 0.4) is 0 Å². The molecule has 2 aromatic rings. The van der Waals surface area contributed by atoms with Gasteiger partial charge in [0, 0.05) is 31.7 Å². The molecule has 1 atom stereocenters. The van der Waals surface area contributed by atoms with Crippen molar-refractivity contribution in [2.45, 2.75) is 63.6 Å². The highest BCUT2D eigenvalue weighted by Gasteiger charge is 2.53. The van der Waals surface area contributed by atoms with E-state index in [0.717, 1.165) is 5.56 Å². The minimum absolute atomic E-state index is 0.121. The molecule has 11 heteroatoms. The van der Waals surface area contributed by atoms with E-state index in [2.05, 4.69) is 16.0 Å². The summed E-state index contributed by atoms with van der Waals surface area (Å²) in [5.74, 6) is -0.811. The molecule has 42 heavy (non-hydrogen) atoms. The topological polar surface area (TPSA) is 137 Å². The van der Waals surface area contributed by atoms with Gasteiger partial charge in [0.15, 0.2) is 0 Å². The number of likely N-dealkylation sites (tertiary alicyclic amines) is 1. The fourth-order valence-electron chi connectivity index (χ4n) is 5.47. The molecule has 0 bridgehead atoms. The first kappa shape index (κ1) is 30.5. The lowest BCUT2D eigenvalue weighted by Gasteiger charge is -2.51. The van der Waals surface area contributed by atoms with E-state index in [0.29, 0.717) is 57.2 Å². The number of carbonyl (C=O) groups excluding carboxylic acids is 5. The fourth-order valence-corrected chi connectivity index (χ4v) is 5.47. The Kier molecular flexibility index (Phi) is 10.5. The SMILES string of the molecule is CCCN1C(=O)[C@H](CCCCNC(=O)OCc2ccccc2)NC(=O)C12CCN(C(=O)NC(=O)c1ccccc1)CC2. The Morgan fingerprint density at radius 1 is 0.976 bits per heavy atom. The van der Waals surface area contributed by atoms with Crippen molar-refractivity contribution in [1.29, 1.82) is 0 Å². The number of hydrogen-bond acceptors (Lipinski definition) is 6. The molecule has 224 valence electrons. The molecule has 0 aliphatic carbocycles. The Morgan fingerprint density at radius 3 is 2.31 bits per heavy atom. The number of piperidine rings is 1. The van der Waals surface area contributed by atoms with Gasteiger partial charge in [0.25, 0.3) is 5.91 Å². The standard InChI is InChI=1S/C31H39N5O6/c1-2-19-36-27(38)25(15-9-10-18-32-30(41)42-22-23-11-5-3-6-12-23)33-28(39)31(36)16-20-35(21-17-31)29(40)34-26(37)24-13-7-4-8-14-24/h3-8,11-14,25H,2,9-10,15-22H2,1H3,(H,32,41)(H,33,39)(H,34,37,40)/t25-/m0/s1. The van der Waals surface area contributed by atoms with E-state index < -0.39 is 29.6 Å². The maximum atomic E-state index is 13.5. The summed E-state index contributed by atoms with van der Waals surface area (Å²) in [5, 5.41) is 8.06. The molecule has 2 heterocycles. The van der Waals surface area contributed by atoms with E-state index in [1.165, 1.54) is 4.90 Å². The van der Waals surface area contributed by atoms with Crippen LogP contribution in [0.1, 0.15) is 61.4 Å². The second-order valence-electron chi connectivity index (χ2n) is 10.6. The van der Waals surface area contributed by atoms with Gasteiger partial charge >= 0.3 is 12.1 Å². The quantitative estimate of drug-likeness (QED) is 0.371. The van der Waals surface area contributed by atoms with Gasteiger partial charge < -0.3 is 25.2 Å². The summed E-state index contributed by atoms with van der Waals surface area (Å²) in [7, 11) is 0. The first-order valence-corrected chi connectivity index (χ1v) is 14.6. The zero-order valence-electron chi connectivity index (χ0n) is 24.0. The minimum atomic E-state index is -1.02. The second kappa shape index (κ2) is 14.5. The van der Waals surface area contributed by atoms with Crippen LogP contribution in [0.5, 0.6) is 0 Å². The van der Waals surface area contributed by atoms with Crippen molar-refractivity contribution in [2.24, 2.45) is 0 Å². The highest BCUT2D eigenvalue weighted by molar-refractivity contribution is 6.04. The molecule has 2 aromatic carbocycles. The Labute approximate surface area is 246 Å². The van der Waals surface area contributed by atoms with Crippen LogP contribution < -0.4 is 16.0 Å². The number of nitrogens with zero attached hydrogens (tertiary/aromatic N) is 2. The number of carbonyl (C=O) groups is 5. The summed E-state index contributed by atoms with van der Waals surface area (Å²) in [6, 6.07) is 16.7. The summed E-state index contributed by atoms with van der Waals surface area (Å²) in [5.41, 5.74) is 0.268. The van der Waals surface area contributed by atoms with Crippen molar-refractivity contribution < 1.29 is 28.7 Å². The molecule has 4 rings (SSSR count). The van der Waals surface area contributed by atoms with Gasteiger partial charge in [0.1, 0.15) is 18.2 Å². The van der Waals surface area contributed by atoms with E-state index in [4.69, 9.17) is 4.74 Å². The molecule has 2 fully saturated rings. The number of piperazine rings is 1. The van der Waals surface area contributed by atoms with Gasteiger partial charge in [-0.3, -0.25) is 19.7 Å². The Morgan fingerprint density at radius 2 is 1.64 bits per heavy atom. The summed E-state index contributed by atoms with van der Waals surface area (Å²) in [4.78, 5) is 67.3. The van der Waals surface area contributed by atoms with Crippen LogP contribution in [0.15, 0.2) is 60.7 Å². The highest BCUT2D eigenvalue weighted by atomic mass is 16.5. The molecule has 6 amide bonds. The number of amides is 6. The van der Waals surface area contributed by atoms with Crippen molar-refractivity contribution in [3.63, 3.8) is 0 Å². The number of hydrogen-bond donors (Lipinski definition) is 3. The molecule has 0 aromatic heterocycles. The molecule has 11 nitrogen and oxygen atoms in total.